The van der Waals surface area contributed by atoms with Gasteiger partial charge >= 0.3 is 0 Å². The van der Waals surface area contributed by atoms with Gasteiger partial charge in [0.1, 0.15) is 5.50 Å². The zero-order valence-electron chi connectivity index (χ0n) is 18.0. The molecule has 0 saturated carbocycles. The highest BCUT2D eigenvalue weighted by molar-refractivity contribution is 8.00. The normalized spacial score (nSPS) is 27.1. The number of hydrogen-bond acceptors (Lipinski definition) is 4. The van der Waals surface area contributed by atoms with Gasteiger partial charge in [0.25, 0.3) is 0 Å². The highest BCUT2D eigenvalue weighted by Crippen LogP contribution is 2.49. The summed E-state index contributed by atoms with van der Waals surface area (Å²) in [6, 6.07) is 13.7. The maximum Gasteiger partial charge on any atom is 0.234 e. The number of carbonyl (C=O) groups excluding carboxylic acids is 2. The molecule has 7 heteroatoms. The molecule has 4 rings (SSSR count). The largest absolute Gasteiger partial charge is 0.331 e. The summed E-state index contributed by atoms with van der Waals surface area (Å²) in [4.78, 5) is 25.7. The predicted molar refractivity (Wildman–Crippen MR) is 127 cm³/mol. The van der Waals surface area contributed by atoms with Crippen LogP contribution in [0.1, 0.15) is 43.0 Å². The Morgan fingerprint density at radius 1 is 1.29 bits per heavy atom. The first-order valence-electron chi connectivity index (χ1n) is 10.6. The van der Waals surface area contributed by atoms with Gasteiger partial charge in [0.15, 0.2) is 0 Å². The van der Waals surface area contributed by atoms with Crippen LogP contribution in [0.25, 0.3) is 0 Å². The minimum atomic E-state index is -0.327. The molecule has 1 fully saturated rings. The summed E-state index contributed by atoms with van der Waals surface area (Å²) in [6.45, 7) is 6.28. The fourth-order valence-corrected chi connectivity index (χ4v) is 5.72. The Hall–Kier alpha value is -2.02. The maximum absolute atomic E-state index is 13.2. The number of halogens is 1. The van der Waals surface area contributed by atoms with Crippen molar-refractivity contribution in [2.75, 3.05) is 11.1 Å². The van der Waals surface area contributed by atoms with E-state index in [1.54, 1.807) is 12.1 Å². The van der Waals surface area contributed by atoms with Crippen molar-refractivity contribution < 1.29 is 9.59 Å². The van der Waals surface area contributed by atoms with Gasteiger partial charge in [-0.3, -0.25) is 14.9 Å². The molecule has 2 amide bonds. The molecule has 4 unspecified atom stereocenters. The molecule has 2 aromatic rings. The zero-order valence-corrected chi connectivity index (χ0v) is 19.6. The predicted octanol–water partition coefficient (Wildman–Crippen LogP) is 4.65. The van der Waals surface area contributed by atoms with Gasteiger partial charge in [-0.2, -0.15) is 0 Å². The van der Waals surface area contributed by atoms with Crippen molar-refractivity contribution in [3.8, 4) is 0 Å². The van der Waals surface area contributed by atoms with Crippen LogP contribution in [0.3, 0.4) is 0 Å². The molecule has 2 aromatic carbocycles. The lowest BCUT2D eigenvalue weighted by Gasteiger charge is -2.50. The number of anilines is 1. The third kappa shape index (κ3) is 4.47. The summed E-state index contributed by atoms with van der Waals surface area (Å²) < 4.78 is 0. The Morgan fingerprint density at radius 3 is 2.84 bits per heavy atom. The van der Waals surface area contributed by atoms with Crippen LogP contribution in [0.2, 0.25) is 5.02 Å². The van der Waals surface area contributed by atoms with Crippen molar-refractivity contribution in [2.45, 2.75) is 45.2 Å². The van der Waals surface area contributed by atoms with Crippen LogP contribution in [-0.2, 0) is 16.0 Å². The van der Waals surface area contributed by atoms with E-state index in [1.165, 1.54) is 22.9 Å². The monoisotopic (exact) mass is 457 g/mol. The lowest BCUT2D eigenvalue weighted by Crippen LogP contribution is -2.61. The second kappa shape index (κ2) is 8.85. The number of hydrogen-bond donors (Lipinski definition) is 3. The van der Waals surface area contributed by atoms with Crippen molar-refractivity contribution in [3.63, 3.8) is 0 Å². The SMILES string of the molecule is CCC1(C)Cc2ccccc2C2NC(SCC(=O)Nc3cc(Cl)ccc3C)NC(=O)C21. The molecule has 1 heterocycles. The molecular weight excluding hydrogens is 430 g/mol. The van der Waals surface area contributed by atoms with Crippen molar-refractivity contribution in [1.82, 2.24) is 10.6 Å². The second-order valence-corrected chi connectivity index (χ2v) is 10.2. The molecule has 164 valence electrons. The Morgan fingerprint density at radius 2 is 2.06 bits per heavy atom. The van der Waals surface area contributed by atoms with E-state index in [2.05, 4.69) is 48.0 Å². The molecule has 0 aromatic heterocycles. The number of amides is 2. The quantitative estimate of drug-likeness (QED) is 0.611. The Kier molecular flexibility index (Phi) is 6.33. The number of fused-ring (bicyclic) bond motifs is 3. The van der Waals surface area contributed by atoms with Crippen LogP contribution in [0.15, 0.2) is 42.5 Å². The van der Waals surface area contributed by atoms with Gasteiger partial charge in [-0.25, -0.2) is 0 Å². The number of aryl methyl sites for hydroxylation is 1. The Labute approximate surface area is 192 Å². The molecular formula is C24H28ClN3O2S. The fourth-order valence-electron chi connectivity index (χ4n) is 4.71. The molecule has 0 radical (unpaired) electrons. The van der Waals surface area contributed by atoms with Gasteiger partial charge in [-0.1, -0.05) is 55.8 Å². The van der Waals surface area contributed by atoms with E-state index in [1.807, 2.05) is 19.1 Å². The van der Waals surface area contributed by atoms with Gasteiger partial charge in [0.05, 0.1) is 11.7 Å². The first-order chi connectivity index (χ1) is 14.8. The zero-order chi connectivity index (χ0) is 22.2. The van der Waals surface area contributed by atoms with Gasteiger partial charge in [-0.05, 0) is 54.0 Å². The smallest absolute Gasteiger partial charge is 0.234 e. The lowest BCUT2D eigenvalue weighted by atomic mass is 9.61. The summed E-state index contributed by atoms with van der Waals surface area (Å²) in [5, 5.41) is 10.2. The van der Waals surface area contributed by atoms with E-state index < -0.39 is 0 Å². The highest BCUT2D eigenvalue weighted by atomic mass is 35.5. The number of thioether (sulfide) groups is 1. The van der Waals surface area contributed by atoms with Crippen LogP contribution in [0.4, 0.5) is 5.69 Å². The Balaban J connectivity index is 1.46. The molecule has 3 N–H and O–H groups in total. The van der Waals surface area contributed by atoms with Crippen molar-refractivity contribution in [3.05, 3.63) is 64.2 Å². The fraction of sp³-hybridized carbons (Fsp3) is 0.417. The topological polar surface area (TPSA) is 70.2 Å². The number of rotatable bonds is 5. The lowest BCUT2D eigenvalue weighted by molar-refractivity contribution is -0.134. The van der Waals surface area contributed by atoms with Crippen LogP contribution in [-0.4, -0.2) is 23.1 Å². The molecule has 2 aliphatic rings. The molecule has 4 atom stereocenters. The summed E-state index contributed by atoms with van der Waals surface area (Å²) in [6.07, 6.45) is 1.83. The minimum Gasteiger partial charge on any atom is -0.331 e. The molecule has 0 bridgehead atoms. The van der Waals surface area contributed by atoms with Crippen molar-refractivity contribution in [2.24, 2.45) is 11.3 Å². The van der Waals surface area contributed by atoms with Crippen LogP contribution < -0.4 is 16.0 Å². The van der Waals surface area contributed by atoms with E-state index in [-0.39, 0.29) is 40.4 Å². The standard InChI is InChI=1S/C24H28ClN3O2S/c1-4-24(3)12-15-7-5-6-8-17(15)21-20(24)22(30)28-23(27-21)31-13-19(29)26-18-11-16(25)10-9-14(18)2/h5-11,20-21,23,27H,4,12-13H2,1-3H3,(H,26,29)(H,28,30). The maximum atomic E-state index is 13.2. The van der Waals surface area contributed by atoms with Gasteiger partial charge in [-0.15, -0.1) is 11.8 Å². The first kappa shape index (κ1) is 22.2. The van der Waals surface area contributed by atoms with E-state index in [4.69, 9.17) is 11.6 Å². The molecule has 1 saturated heterocycles. The second-order valence-electron chi connectivity index (χ2n) is 8.71. The summed E-state index contributed by atoms with van der Waals surface area (Å²) in [5.74, 6) is 0.0166. The number of benzene rings is 2. The first-order valence-corrected chi connectivity index (χ1v) is 12.1. The van der Waals surface area contributed by atoms with Crippen LogP contribution in [0.5, 0.6) is 0 Å². The van der Waals surface area contributed by atoms with E-state index in [9.17, 15) is 9.59 Å². The van der Waals surface area contributed by atoms with Gasteiger partial charge in [0, 0.05) is 16.8 Å². The number of nitrogens with one attached hydrogen (secondary N) is 3. The van der Waals surface area contributed by atoms with Gasteiger partial charge in [0.2, 0.25) is 11.8 Å². The highest BCUT2D eigenvalue weighted by Gasteiger charge is 2.50. The third-order valence-corrected chi connectivity index (χ3v) is 7.87. The van der Waals surface area contributed by atoms with Crippen LogP contribution >= 0.6 is 23.4 Å². The third-order valence-electron chi connectivity index (χ3n) is 6.62. The average molecular weight is 458 g/mol. The van der Waals surface area contributed by atoms with E-state index in [0.29, 0.717) is 10.7 Å². The average Bonchev–Trinajstić information content (AvgIpc) is 2.74. The molecule has 1 aliphatic carbocycles. The molecule has 31 heavy (non-hydrogen) atoms. The van der Waals surface area contributed by atoms with Crippen molar-refractivity contribution in [1.29, 1.82) is 0 Å². The summed E-state index contributed by atoms with van der Waals surface area (Å²) in [5.41, 5.74) is 3.72. The Bertz CT molecular complexity index is 1010. The molecule has 1 aliphatic heterocycles. The number of carbonyl (C=O) groups is 2. The molecule has 5 nitrogen and oxygen atoms in total. The summed E-state index contributed by atoms with van der Waals surface area (Å²) >= 11 is 7.43. The van der Waals surface area contributed by atoms with E-state index >= 15 is 0 Å². The minimum absolute atomic E-state index is 0.0561. The summed E-state index contributed by atoms with van der Waals surface area (Å²) in [7, 11) is 0. The van der Waals surface area contributed by atoms with Crippen molar-refractivity contribution >= 4 is 40.9 Å². The van der Waals surface area contributed by atoms with Gasteiger partial charge < -0.3 is 10.6 Å². The molecule has 0 spiro atoms. The van der Waals surface area contributed by atoms with E-state index in [0.717, 1.165) is 18.4 Å². The van der Waals surface area contributed by atoms with Crippen LogP contribution in [0, 0.1) is 18.3 Å².